The number of pyridine rings is 1. The van der Waals surface area contributed by atoms with Crippen LogP contribution in [-0.2, 0) is 0 Å². The Morgan fingerprint density at radius 2 is 2.46 bits per heavy atom. The van der Waals surface area contributed by atoms with Gasteiger partial charge in [-0.2, -0.15) is 9.65 Å². The lowest BCUT2D eigenvalue weighted by molar-refractivity contribution is 0.574. The average molecular weight is 176 g/mol. The van der Waals surface area contributed by atoms with Gasteiger partial charge in [-0.05, 0) is 18.6 Å². The first-order valence-corrected chi connectivity index (χ1v) is 3.89. The minimum absolute atomic E-state index is 0.358. The van der Waals surface area contributed by atoms with E-state index < -0.39 is 5.95 Å². The van der Waals surface area contributed by atoms with Gasteiger partial charge in [0, 0.05) is 11.8 Å². The number of nitrogens with zero attached hydrogens (tertiary/aromatic N) is 2. The molecule has 0 spiro atoms. The molecule has 1 aromatic heterocycles. The highest BCUT2D eigenvalue weighted by Crippen LogP contribution is 2.07. The maximum absolute atomic E-state index is 12.7. The Morgan fingerprint density at radius 3 is 3.08 bits per heavy atom. The molecule has 2 nitrogen and oxygen atoms in total. The zero-order valence-electron chi connectivity index (χ0n) is 7.29. The third kappa shape index (κ3) is 2.68. The Hall–Kier alpha value is -1.69. The van der Waals surface area contributed by atoms with Crippen LogP contribution in [0.1, 0.15) is 17.5 Å². The van der Waals surface area contributed by atoms with Crippen molar-refractivity contribution in [2.24, 2.45) is 0 Å². The molecule has 0 amide bonds. The Morgan fingerprint density at radius 1 is 1.69 bits per heavy atom. The molecule has 1 aromatic rings. The lowest BCUT2D eigenvalue weighted by atomic mass is 10.2. The van der Waals surface area contributed by atoms with Gasteiger partial charge in [0.2, 0.25) is 5.95 Å². The van der Waals surface area contributed by atoms with Crippen molar-refractivity contribution in [3.8, 4) is 6.07 Å². The Kier molecular flexibility index (Phi) is 3.15. The third-order valence-electron chi connectivity index (χ3n) is 1.55. The molecule has 0 radical (unpaired) electrons. The summed E-state index contributed by atoms with van der Waals surface area (Å²) >= 11 is 0. The summed E-state index contributed by atoms with van der Waals surface area (Å²) in [6.45, 7) is 1.66. The Bertz CT molecular complexity index is 364. The molecule has 0 aromatic carbocycles. The normalized spacial score (nSPS) is 10.2. The number of nitriles is 1. The van der Waals surface area contributed by atoms with E-state index in [1.807, 2.05) is 6.07 Å². The average Bonchev–Trinajstić information content (AvgIpc) is 2.12. The number of hydrogen-bond acceptors (Lipinski definition) is 2. The summed E-state index contributed by atoms with van der Waals surface area (Å²) in [5.41, 5.74) is 1.33. The minimum Gasteiger partial charge on any atom is -0.227 e. The van der Waals surface area contributed by atoms with Crippen molar-refractivity contribution < 1.29 is 4.39 Å². The second-order valence-corrected chi connectivity index (χ2v) is 2.64. The predicted molar refractivity (Wildman–Crippen MR) is 48.2 cm³/mol. The third-order valence-corrected chi connectivity index (χ3v) is 1.55. The quantitative estimate of drug-likeness (QED) is 0.649. The first kappa shape index (κ1) is 9.40. The van der Waals surface area contributed by atoms with E-state index in [0.717, 1.165) is 5.56 Å². The van der Waals surface area contributed by atoms with Gasteiger partial charge >= 0.3 is 0 Å². The van der Waals surface area contributed by atoms with Gasteiger partial charge in [0.05, 0.1) is 12.5 Å². The molecule has 0 N–H and O–H groups in total. The molecule has 3 heteroatoms. The van der Waals surface area contributed by atoms with Gasteiger partial charge in [-0.15, -0.1) is 0 Å². The minimum atomic E-state index is -0.447. The Balaban J connectivity index is 2.81. The van der Waals surface area contributed by atoms with Crippen molar-refractivity contribution in [1.29, 1.82) is 5.26 Å². The van der Waals surface area contributed by atoms with Crippen LogP contribution in [0.3, 0.4) is 0 Å². The fraction of sp³-hybridized carbons (Fsp3) is 0.200. The largest absolute Gasteiger partial charge is 0.227 e. The molecule has 0 fully saturated rings. The van der Waals surface area contributed by atoms with Crippen LogP contribution in [-0.4, -0.2) is 4.98 Å². The van der Waals surface area contributed by atoms with Gasteiger partial charge in [-0.3, -0.25) is 0 Å². The lowest BCUT2D eigenvalue weighted by Crippen LogP contribution is -1.87. The van der Waals surface area contributed by atoms with E-state index in [-0.39, 0.29) is 0 Å². The van der Waals surface area contributed by atoms with Gasteiger partial charge < -0.3 is 0 Å². The van der Waals surface area contributed by atoms with Gasteiger partial charge in [-0.1, -0.05) is 12.2 Å². The molecule has 0 atom stereocenters. The van der Waals surface area contributed by atoms with Crippen LogP contribution in [0, 0.1) is 24.2 Å². The van der Waals surface area contributed by atoms with E-state index in [4.69, 9.17) is 5.26 Å². The summed E-state index contributed by atoms with van der Waals surface area (Å²) in [7, 11) is 0. The highest BCUT2D eigenvalue weighted by atomic mass is 19.1. The van der Waals surface area contributed by atoms with Crippen LogP contribution < -0.4 is 0 Å². The molecule has 0 saturated carbocycles. The second-order valence-electron chi connectivity index (χ2n) is 2.64. The van der Waals surface area contributed by atoms with Gasteiger partial charge in [0.25, 0.3) is 0 Å². The molecule has 0 saturated heterocycles. The summed E-state index contributed by atoms with van der Waals surface area (Å²) in [4.78, 5) is 3.56. The lowest BCUT2D eigenvalue weighted by Gasteiger charge is -1.96. The van der Waals surface area contributed by atoms with Crippen LogP contribution in [0.5, 0.6) is 0 Å². The zero-order chi connectivity index (χ0) is 9.68. The molecular formula is C10H9FN2. The van der Waals surface area contributed by atoms with Crippen molar-refractivity contribution >= 4 is 6.08 Å². The van der Waals surface area contributed by atoms with E-state index in [0.29, 0.717) is 12.0 Å². The van der Waals surface area contributed by atoms with Crippen molar-refractivity contribution in [2.45, 2.75) is 13.3 Å². The van der Waals surface area contributed by atoms with E-state index in [9.17, 15) is 4.39 Å². The number of aromatic nitrogens is 1. The second kappa shape index (κ2) is 4.36. The van der Waals surface area contributed by atoms with Crippen LogP contribution in [0.2, 0.25) is 0 Å². The van der Waals surface area contributed by atoms with Gasteiger partial charge in [0.15, 0.2) is 0 Å². The summed E-state index contributed by atoms with van der Waals surface area (Å²) in [5.74, 6) is -0.447. The molecule has 13 heavy (non-hydrogen) atoms. The van der Waals surface area contributed by atoms with Crippen LogP contribution in [0.25, 0.3) is 6.08 Å². The molecule has 0 aliphatic heterocycles. The van der Waals surface area contributed by atoms with E-state index in [1.165, 1.54) is 6.20 Å². The highest BCUT2D eigenvalue weighted by molar-refractivity contribution is 5.48. The monoisotopic (exact) mass is 176 g/mol. The van der Waals surface area contributed by atoms with Crippen molar-refractivity contribution in [3.63, 3.8) is 0 Å². The first-order valence-electron chi connectivity index (χ1n) is 3.89. The van der Waals surface area contributed by atoms with E-state index in [2.05, 4.69) is 4.98 Å². The molecule has 1 rings (SSSR count). The van der Waals surface area contributed by atoms with Crippen molar-refractivity contribution in [1.82, 2.24) is 4.98 Å². The number of halogens is 1. The van der Waals surface area contributed by atoms with Gasteiger partial charge in [-0.25, -0.2) is 4.98 Å². The summed E-state index contributed by atoms with van der Waals surface area (Å²) < 4.78 is 12.7. The fourth-order valence-electron chi connectivity index (χ4n) is 0.919. The molecule has 66 valence electrons. The molecular weight excluding hydrogens is 167 g/mol. The van der Waals surface area contributed by atoms with Crippen LogP contribution in [0.15, 0.2) is 18.3 Å². The molecule has 0 bridgehead atoms. The first-order chi connectivity index (χ1) is 6.24. The number of allylic oxidation sites excluding steroid dienone is 1. The number of rotatable bonds is 2. The summed E-state index contributed by atoms with van der Waals surface area (Å²) in [6, 6.07) is 3.67. The van der Waals surface area contributed by atoms with Crippen LogP contribution >= 0.6 is 0 Å². The molecule has 0 unspecified atom stereocenters. The number of aryl methyl sites for hydroxylation is 1. The molecule has 0 aliphatic rings. The zero-order valence-corrected chi connectivity index (χ0v) is 7.29. The smallest absolute Gasteiger partial charge is 0.215 e. The maximum atomic E-state index is 12.7. The van der Waals surface area contributed by atoms with Crippen molar-refractivity contribution in [2.75, 3.05) is 0 Å². The summed E-state index contributed by atoms with van der Waals surface area (Å²) in [5, 5.41) is 8.27. The molecule has 0 aliphatic carbocycles. The van der Waals surface area contributed by atoms with Gasteiger partial charge in [0.1, 0.15) is 0 Å². The standard InChI is InChI=1S/C10H9FN2/c1-8-6-9(4-2-3-5-12)7-13-10(8)11/h2,4,6-7H,3H2,1H3. The maximum Gasteiger partial charge on any atom is 0.215 e. The topological polar surface area (TPSA) is 36.7 Å². The van der Waals surface area contributed by atoms with E-state index in [1.54, 1.807) is 25.1 Å². The molecule has 1 heterocycles. The van der Waals surface area contributed by atoms with Crippen LogP contribution in [0.4, 0.5) is 4.39 Å². The van der Waals surface area contributed by atoms with E-state index >= 15 is 0 Å². The SMILES string of the molecule is Cc1cc(C=CCC#N)cnc1F. The summed E-state index contributed by atoms with van der Waals surface area (Å²) in [6.07, 6.45) is 5.27. The van der Waals surface area contributed by atoms with Crippen molar-refractivity contribution in [3.05, 3.63) is 35.4 Å². The fourth-order valence-corrected chi connectivity index (χ4v) is 0.919. The Labute approximate surface area is 76.3 Å². The number of hydrogen-bond donors (Lipinski definition) is 0. The predicted octanol–water partition coefficient (Wildman–Crippen LogP) is 2.46. The highest BCUT2D eigenvalue weighted by Gasteiger charge is 1.96.